The molecule has 33 heavy (non-hydrogen) atoms. The summed E-state index contributed by atoms with van der Waals surface area (Å²) in [5, 5.41) is 9.30. The molecule has 0 radical (unpaired) electrons. The maximum Gasteiger partial charge on any atom is 0.119 e. The molecule has 0 unspecified atom stereocenters. The summed E-state index contributed by atoms with van der Waals surface area (Å²) in [5.41, 5.74) is 7.63. The Morgan fingerprint density at radius 3 is 2.09 bits per heavy atom. The van der Waals surface area contributed by atoms with Gasteiger partial charge < -0.3 is 9.30 Å². The van der Waals surface area contributed by atoms with Crippen LogP contribution in [0.4, 0.5) is 11.4 Å². The Labute approximate surface area is 194 Å². The van der Waals surface area contributed by atoms with E-state index < -0.39 is 0 Å². The standard InChI is InChI=1S/C29H26N3O/c1-20-5-9-23(10-6-20)32(24-11-13-25(33-4)14-12-24)30-19-22-8-16-29-27(18-22)26-17-21(2)7-15-28(26)31(29)3/h5-19H,1H2,2-4H3/q-1/b30-19-. The molecule has 1 aromatic heterocycles. The number of rotatable bonds is 5. The lowest BCUT2D eigenvalue weighted by atomic mass is 10.1. The molecule has 0 amide bonds. The summed E-state index contributed by atoms with van der Waals surface area (Å²) in [6.07, 6.45) is 1.91. The summed E-state index contributed by atoms with van der Waals surface area (Å²) in [7, 11) is 3.79. The zero-order valence-corrected chi connectivity index (χ0v) is 19.1. The van der Waals surface area contributed by atoms with E-state index in [-0.39, 0.29) is 0 Å². The van der Waals surface area contributed by atoms with Crippen LogP contribution in [0.15, 0.2) is 90.0 Å². The molecule has 0 fully saturated rings. The van der Waals surface area contributed by atoms with Crippen molar-refractivity contribution < 1.29 is 4.74 Å². The lowest BCUT2D eigenvalue weighted by molar-refractivity contribution is 0.415. The lowest BCUT2D eigenvalue weighted by Crippen LogP contribution is -2.09. The number of methoxy groups -OCH3 is 1. The zero-order chi connectivity index (χ0) is 22.9. The molecule has 0 aliphatic rings. The molecular weight excluding hydrogens is 406 g/mol. The van der Waals surface area contributed by atoms with Crippen LogP contribution in [-0.2, 0) is 7.05 Å². The summed E-state index contributed by atoms with van der Waals surface area (Å²) in [5.74, 6) is 0.812. The van der Waals surface area contributed by atoms with Crippen LogP contribution >= 0.6 is 0 Å². The summed E-state index contributed by atoms with van der Waals surface area (Å²) >= 11 is 0. The third kappa shape index (κ3) is 3.92. The molecule has 0 spiro atoms. The van der Waals surface area contributed by atoms with Crippen molar-refractivity contribution in [3.8, 4) is 5.75 Å². The van der Waals surface area contributed by atoms with Crippen LogP contribution in [0, 0.1) is 13.8 Å². The van der Waals surface area contributed by atoms with Gasteiger partial charge in [-0.15, -0.1) is 0 Å². The number of aromatic nitrogens is 1. The molecule has 0 aliphatic heterocycles. The molecule has 0 saturated carbocycles. The fourth-order valence-electron chi connectivity index (χ4n) is 4.20. The molecule has 1 heterocycles. The number of nitrogens with zero attached hydrogens (tertiary/aromatic N) is 3. The van der Waals surface area contributed by atoms with Gasteiger partial charge in [0.1, 0.15) is 5.75 Å². The first-order valence-electron chi connectivity index (χ1n) is 10.9. The fraction of sp³-hybridized carbons (Fsp3) is 0.103. The van der Waals surface area contributed by atoms with Crippen molar-refractivity contribution in [1.82, 2.24) is 4.57 Å². The molecular formula is C29H26N3O-. The van der Waals surface area contributed by atoms with Crippen molar-refractivity contribution in [3.05, 3.63) is 109 Å². The van der Waals surface area contributed by atoms with Crippen LogP contribution in [-0.4, -0.2) is 17.9 Å². The minimum absolute atomic E-state index is 0.812. The number of ether oxygens (including phenoxy) is 1. The van der Waals surface area contributed by atoms with Gasteiger partial charge >= 0.3 is 0 Å². The first kappa shape index (κ1) is 20.7. The Balaban J connectivity index is 1.57. The number of hydrogen-bond donors (Lipinski definition) is 0. The SMILES string of the molecule is [CH2-]c1ccc(N(/N=C\c2ccc3c(c2)c2cc(C)ccc2n3C)c2ccc(OC)cc2)cc1. The minimum Gasteiger partial charge on any atom is -0.497 e. The summed E-state index contributed by atoms with van der Waals surface area (Å²) in [4.78, 5) is 0. The highest BCUT2D eigenvalue weighted by Crippen LogP contribution is 2.30. The highest BCUT2D eigenvalue weighted by atomic mass is 16.5. The van der Waals surface area contributed by atoms with Gasteiger partial charge in [-0.05, 0) is 61.0 Å². The van der Waals surface area contributed by atoms with E-state index in [1.165, 1.54) is 27.4 Å². The predicted octanol–water partition coefficient (Wildman–Crippen LogP) is 7.00. The average Bonchev–Trinajstić information content (AvgIpc) is 3.11. The van der Waals surface area contributed by atoms with Crippen molar-refractivity contribution in [2.45, 2.75) is 6.92 Å². The third-order valence-corrected chi connectivity index (χ3v) is 6.01. The average molecular weight is 433 g/mol. The zero-order valence-electron chi connectivity index (χ0n) is 19.1. The van der Waals surface area contributed by atoms with Gasteiger partial charge in [0, 0.05) is 34.5 Å². The van der Waals surface area contributed by atoms with E-state index in [1.807, 2.05) is 59.8 Å². The van der Waals surface area contributed by atoms with Gasteiger partial charge in [-0.2, -0.15) is 29.7 Å². The van der Waals surface area contributed by atoms with Crippen LogP contribution in [0.5, 0.6) is 5.75 Å². The number of hydrogen-bond acceptors (Lipinski definition) is 3. The quantitative estimate of drug-likeness (QED) is 0.170. The van der Waals surface area contributed by atoms with Crippen molar-refractivity contribution in [2.24, 2.45) is 12.1 Å². The van der Waals surface area contributed by atoms with E-state index in [0.29, 0.717) is 0 Å². The molecule has 4 heteroatoms. The Hall–Kier alpha value is -4.18. The predicted molar refractivity (Wildman–Crippen MR) is 139 cm³/mol. The Bertz CT molecular complexity index is 1460. The molecule has 0 aliphatic carbocycles. The number of hydrazone groups is 1. The summed E-state index contributed by atoms with van der Waals surface area (Å²) in [6.45, 7) is 6.13. The Morgan fingerprint density at radius 1 is 0.818 bits per heavy atom. The summed E-state index contributed by atoms with van der Waals surface area (Å²) < 4.78 is 7.56. The molecule has 164 valence electrons. The van der Waals surface area contributed by atoms with Gasteiger partial charge in [0.05, 0.1) is 19.0 Å². The van der Waals surface area contributed by atoms with Gasteiger partial charge in [0.2, 0.25) is 0 Å². The third-order valence-electron chi connectivity index (χ3n) is 6.01. The van der Waals surface area contributed by atoms with Gasteiger partial charge in [-0.1, -0.05) is 29.8 Å². The number of anilines is 2. The number of aryl methyl sites for hydroxylation is 2. The van der Waals surface area contributed by atoms with Gasteiger partial charge in [0.15, 0.2) is 0 Å². The Morgan fingerprint density at radius 2 is 1.42 bits per heavy atom. The second kappa shape index (κ2) is 8.40. The van der Waals surface area contributed by atoms with Gasteiger partial charge in [-0.25, -0.2) is 5.01 Å². The Kier molecular flexibility index (Phi) is 5.27. The highest BCUT2D eigenvalue weighted by Gasteiger charge is 2.10. The first-order chi connectivity index (χ1) is 16.0. The molecule has 4 aromatic carbocycles. The maximum absolute atomic E-state index is 5.32. The lowest BCUT2D eigenvalue weighted by Gasteiger charge is -2.21. The van der Waals surface area contributed by atoms with E-state index in [4.69, 9.17) is 9.84 Å². The van der Waals surface area contributed by atoms with E-state index >= 15 is 0 Å². The van der Waals surface area contributed by atoms with Crippen molar-refractivity contribution in [2.75, 3.05) is 12.1 Å². The van der Waals surface area contributed by atoms with Crippen LogP contribution in [0.25, 0.3) is 21.8 Å². The second-order valence-electron chi connectivity index (χ2n) is 8.28. The topological polar surface area (TPSA) is 29.8 Å². The molecule has 0 bridgehead atoms. The molecule has 5 rings (SSSR count). The molecule has 0 atom stereocenters. The molecule has 4 nitrogen and oxygen atoms in total. The van der Waals surface area contributed by atoms with Crippen LogP contribution in [0.1, 0.15) is 16.7 Å². The number of benzene rings is 4. The minimum atomic E-state index is 0.812. The van der Waals surface area contributed by atoms with E-state index in [2.05, 4.69) is 61.9 Å². The normalized spacial score (nSPS) is 11.5. The van der Waals surface area contributed by atoms with Crippen molar-refractivity contribution in [1.29, 1.82) is 0 Å². The van der Waals surface area contributed by atoms with E-state index in [0.717, 1.165) is 28.3 Å². The second-order valence-corrected chi connectivity index (χ2v) is 8.28. The van der Waals surface area contributed by atoms with Crippen LogP contribution in [0.3, 0.4) is 0 Å². The monoisotopic (exact) mass is 432 g/mol. The maximum atomic E-state index is 5.32. The van der Waals surface area contributed by atoms with Crippen LogP contribution < -0.4 is 9.75 Å². The molecule has 0 N–H and O–H groups in total. The molecule has 0 saturated heterocycles. The number of fused-ring (bicyclic) bond motifs is 3. The molecule has 5 aromatic rings. The first-order valence-corrected chi connectivity index (χ1v) is 10.9. The van der Waals surface area contributed by atoms with Crippen molar-refractivity contribution in [3.63, 3.8) is 0 Å². The highest BCUT2D eigenvalue weighted by molar-refractivity contribution is 6.09. The van der Waals surface area contributed by atoms with Gasteiger partial charge in [0.25, 0.3) is 0 Å². The van der Waals surface area contributed by atoms with Crippen molar-refractivity contribution >= 4 is 39.4 Å². The summed E-state index contributed by atoms with van der Waals surface area (Å²) in [6, 6.07) is 29.0. The largest absolute Gasteiger partial charge is 0.497 e. The van der Waals surface area contributed by atoms with Gasteiger partial charge in [-0.3, -0.25) is 0 Å². The smallest absolute Gasteiger partial charge is 0.119 e. The van der Waals surface area contributed by atoms with E-state index in [9.17, 15) is 0 Å². The van der Waals surface area contributed by atoms with E-state index in [1.54, 1.807) is 7.11 Å². The van der Waals surface area contributed by atoms with Crippen LogP contribution in [0.2, 0.25) is 0 Å². The fourth-order valence-corrected chi connectivity index (χ4v) is 4.20.